The van der Waals surface area contributed by atoms with Gasteiger partial charge in [-0.05, 0) is 31.2 Å². The summed E-state index contributed by atoms with van der Waals surface area (Å²) in [6.45, 7) is 2.93. The molecule has 5 rings (SSSR count). The predicted molar refractivity (Wildman–Crippen MR) is 97.5 cm³/mol. The number of benzene rings is 1. The van der Waals surface area contributed by atoms with Gasteiger partial charge in [0, 0.05) is 24.8 Å². The van der Waals surface area contributed by atoms with Crippen LogP contribution in [0.25, 0.3) is 0 Å². The molecule has 4 heterocycles. The molecule has 2 aliphatic heterocycles. The monoisotopic (exact) mass is 378 g/mol. The predicted octanol–water partition coefficient (Wildman–Crippen LogP) is 1.95. The van der Waals surface area contributed by atoms with Crippen LogP contribution in [-0.4, -0.2) is 49.5 Å². The van der Waals surface area contributed by atoms with Crippen LogP contribution in [0, 0.1) is 6.92 Å². The molecule has 8 heteroatoms. The number of hydrogen-bond acceptors (Lipinski definition) is 5. The molecule has 0 aliphatic carbocycles. The number of phenolic OH excluding ortho intramolecular Hbond substituents is 1. The molecule has 1 fully saturated rings. The summed E-state index contributed by atoms with van der Waals surface area (Å²) in [7, 11) is 0. The van der Waals surface area contributed by atoms with Crippen LogP contribution in [0.4, 0.5) is 0 Å². The minimum Gasteiger partial charge on any atom is -0.508 e. The lowest BCUT2D eigenvalue weighted by molar-refractivity contribution is -0.00597. The number of nitrogens with zero attached hydrogens (tertiary/aromatic N) is 4. The smallest absolute Gasteiger partial charge is 0.272 e. The van der Waals surface area contributed by atoms with Gasteiger partial charge in [0.2, 0.25) is 0 Å². The quantitative estimate of drug-likeness (QED) is 0.736. The molecule has 2 amide bonds. The van der Waals surface area contributed by atoms with Gasteiger partial charge < -0.3 is 24.0 Å². The molecule has 2 aromatic heterocycles. The molecule has 1 unspecified atom stereocenters. The maximum absolute atomic E-state index is 13.4. The first-order valence-electron chi connectivity index (χ1n) is 9.02. The van der Waals surface area contributed by atoms with E-state index in [0.29, 0.717) is 36.6 Å². The fourth-order valence-electron chi connectivity index (χ4n) is 4.32. The van der Waals surface area contributed by atoms with Gasteiger partial charge in [-0.3, -0.25) is 9.59 Å². The third-order valence-electron chi connectivity index (χ3n) is 5.68. The summed E-state index contributed by atoms with van der Waals surface area (Å²) in [5.41, 5.74) is 1.26. The molecule has 0 bridgehead atoms. The Morgan fingerprint density at radius 3 is 2.71 bits per heavy atom. The maximum atomic E-state index is 13.4. The Labute approximate surface area is 160 Å². The second kappa shape index (κ2) is 5.72. The fourth-order valence-corrected chi connectivity index (χ4v) is 4.32. The van der Waals surface area contributed by atoms with Gasteiger partial charge in [-0.25, -0.2) is 0 Å². The fraction of sp³-hybridized carbons (Fsp3) is 0.250. The van der Waals surface area contributed by atoms with E-state index < -0.39 is 5.66 Å². The number of aromatic hydroxyl groups is 1. The molecule has 0 spiro atoms. The Morgan fingerprint density at radius 2 is 2.00 bits per heavy atom. The number of carbonyl (C=O) groups is 2. The second-order valence-electron chi connectivity index (χ2n) is 7.11. The topological polar surface area (TPSA) is 91.8 Å². The molecular weight excluding hydrogens is 360 g/mol. The minimum atomic E-state index is -0.988. The number of phenols is 1. The molecule has 8 nitrogen and oxygen atoms in total. The summed E-state index contributed by atoms with van der Waals surface area (Å²) in [6, 6.07) is 10.3. The van der Waals surface area contributed by atoms with Crippen molar-refractivity contribution in [3.8, 4) is 5.75 Å². The first-order chi connectivity index (χ1) is 13.5. The van der Waals surface area contributed by atoms with E-state index in [4.69, 9.17) is 4.52 Å². The zero-order valence-electron chi connectivity index (χ0n) is 15.2. The van der Waals surface area contributed by atoms with Gasteiger partial charge >= 0.3 is 0 Å². The summed E-state index contributed by atoms with van der Waals surface area (Å²) in [5, 5.41) is 13.6. The highest BCUT2D eigenvalue weighted by Gasteiger charge is 2.56. The molecule has 1 atom stereocenters. The van der Waals surface area contributed by atoms with Crippen LogP contribution in [0.1, 0.15) is 32.1 Å². The van der Waals surface area contributed by atoms with Crippen LogP contribution >= 0.6 is 0 Å². The SMILES string of the molecule is Cc1nocc1C(=O)N1CCN2C(=O)c3cccn3CC12c1ccc(O)cc1. The van der Waals surface area contributed by atoms with Crippen LogP contribution in [0.15, 0.2) is 53.4 Å². The highest BCUT2D eigenvalue weighted by molar-refractivity contribution is 5.98. The van der Waals surface area contributed by atoms with E-state index in [1.165, 1.54) is 6.26 Å². The number of aryl methyl sites for hydroxylation is 1. The van der Waals surface area contributed by atoms with E-state index in [-0.39, 0.29) is 17.6 Å². The second-order valence-corrected chi connectivity index (χ2v) is 7.11. The normalized spacial score (nSPS) is 21.0. The van der Waals surface area contributed by atoms with E-state index >= 15 is 0 Å². The van der Waals surface area contributed by atoms with Crippen molar-refractivity contribution in [1.82, 2.24) is 19.5 Å². The summed E-state index contributed by atoms with van der Waals surface area (Å²) in [4.78, 5) is 30.1. The summed E-state index contributed by atoms with van der Waals surface area (Å²) >= 11 is 0. The van der Waals surface area contributed by atoms with Crippen LogP contribution in [0.2, 0.25) is 0 Å². The molecule has 1 N–H and O–H groups in total. The highest BCUT2D eigenvalue weighted by Crippen LogP contribution is 2.43. The summed E-state index contributed by atoms with van der Waals surface area (Å²) in [5.74, 6) is -0.236. The van der Waals surface area contributed by atoms with Crippen molar-refractivity contribution in [2.75, 3.05) is 13.1 Å². The zero-order chi connectivity index (χ0) is 19.5. The number of rotatable bonds is 2. The van der Waals surface area contributed by atoms with Crippen molar-refractivity contribution in [3.05, 3.63) is 71.4 Å². The minimum absolute atomic E-state index is 0.123. The molecule has 28 heavy (non-hydrogen) atoms. The lowest BCUT2D eigenvalue weighted by Gasteiger charge is -2.47. The number of fused-ring (bicyclic) bond motifs is 2. The van der Waals surface area contributed by atoms with E-state index in [1.54, 1.807) is 47.1 Å². The maximum Gasteiger partial charge on any atom is 0.272 e. The van der Waals surface area contributed by atoms with Gasteiger partial charge in [0.1, 0.15) is 23.3 Å². The van der Waals surface area contributed by atoms with Crippen molar-refractivity contribution in [3.63, 3.8) is 0 Å². The Balaban J connectivity index is 1.70. The van der Waals surface area contributed by atoms with Crippen molar-refractivity contribution in [2.45, 2.75) is 19.1 Å². The number of hydrogen-bond donors (Lipinski definition) is 1. The van der Waals surface area contributed by atoms with Crippen LogP contribution < -0.4 is 0 Å². The molecule has 3 aromatic rings. The molecule has 0 radical (unpaired) electrons. The van der Waals surface area contributed by atoms with Gasteiger partial charge in [-0.2, -0.15) is 0 Å². The molecule has 142 valence electrons. The Morgan fingerprint density at radius 1 is 1.21 bits per heavy atom. The standard InChI is InChI=1S/C20H18N4O4/c1-13-16(11-28-21-13)18(26)23-9-10-24-19(27)17-3-2-8-22(17)12-20(23,24)14-4-6-15(25)7-5-14/h2-8,11,25H,9-10,12H2,1H3. The van der Waals surface area contributed by atoms with Gasteiger partial charge in [0.25, 0.3) is 11.8 Å². The van der Waals surface area contributed by atoms with Crippen molar-refractivity contribution >= 4 is 11.8 Å². The van der Waals surface area contributed by atoms with Gasteiger partial charge in [-0.15, -0.1) is 0 Å². The molecule has 0 saturated carbocycles. The highest BCUT2D eigenvalue weighted by atomic mass is 16.5. The van der Waals surface area contributed by atoms with Crippen molar-refractivity contribution < 1.29 is 19.2 Å². The lowest BCUT2D eigenvalue weighted by Crippen LogP contribution is -2.60. The zero-order valence-corrected chi connectivity index (χ0v) is 15.2. The van der Waals surface area contributed by atoms with E-state index in [2.05, 4.69) is 5.16 Å². The number of aromatic nitrogens is 2. The Hall–Kier alpha value is -3.55. The Bertz CT molecular complexity index is 1080. The van der Waals surface area contributed by atoms with Crippen LogP contribution in [0.3, 0.4) is 0 Å². The third-order valence-corrected chi connectivity index (χ3v) is 5.68. The van der Waals surface area contributed by atoms with Gasteiger partial charge in [0.05, 0.1) is 12.2 Å². The first-order valence-corrected chi connectivity index (χ1v) is 9.02. The molecule has 2 aliphatic rings. The largest absolute Gasteiger partial charge is 0.508 e. The van der Waals surface area contributed by atoms with Gasteiger partial charge in [0.15, 0.2) is 5.66 Å². The molecular formula is C20H18N4O4. The summed E-state index contributed by atoms with van der Waals surface area (Å²) in [6.07, 6.45) is 3.19. The lowest BCUT2D eigenvalue weighted by atomic mass is 9.93. The first kappa shape index (κ1) is 16.6. The van der Waals surface area contributed by atoms with E-state index in [0.717, 1.165) is 5.56 Å². The van der Waals surface area contributed by atoms with E-state index in [9.17, 15) is 14.7 Å². The average Bonchev–Trinajstić information content (AvgIpc) is 3.40. The molecule has 1 saturated heterocycles. The van der Waals surface area contributed by atoms with Crippen molar-refractivity contribution in [2.24, 2.45) is 0 Å². The average molecular weight is 378 g/mol. The van der Waals surface area contributed by atoms with Crippen molar-refractivity contribution in [1.29, 1.82) is 0 Å². The molecule has 1 aromatic carbocycles. The van der Waals surface area contributed by atoms with E-state index in [1.807, 2.05) is 16.8 Å². The number of amides is 2. The van der Waals surface area contributed by atoms with Crippen LogP contribution in [0.5, 0.6) is 5.75 Å². The van der Waals surface area contributed by atoms with Crippen LogP contribution in [-0.2, 0) is 12.2 Å². The third kappa shape index (κ3) is 2.08. The Kier molecular flexibility index (Phi) is 3.39. The summed E-state index contributed by atoms with van der Waals surface area (Å²) < 4.78 is 6.84. The van der Waals surface area contributed by atoms with Gasteiger partial charge in [-0.1, -0.05) is 17.3 Å². The number of carbonyl (C=O) groups excluding carboxylic acids is 2.